The van der Waals surface area contributed by atoms with E-state index in [0.29, 0.717) is 12.5 Å². The molecule has 0 bridgehead atoms. The van der Waals surface area contributed by atoms with Gasteiger partial charge in [0, 0.05) is 11.1 Å². The van der Waals surface area contributed by atoms with Gasteiger partial charge in [-0.3, -0.25) is 19.6 Å². The zero-order valence-electron chi connectivity index (χ0n) is 17.3. The van der Waals surface area contributed by atoms with Crippen LogP contribution in [-0.4, -0.2) is 47.0 Å². The highest BCUT2D eigenvalue weighted by atomic mass is 16.2. The summed E-state index contributed by atoms with van der Waals surface area (Å²) in [6, 6.07) is 16.1. The van der Waals surface area contributed by atoms with E-state index in [-0.39, 0.29) is 12.3 Å². The molecule has 0 unspecified atom stereocenters. The summed E-state index contributed by atoms with van der Waals surface area (Å²) in [4.78, 5) is 23.1. The zero-order valence-corrected chi connectivity index (χ0v) is 17.3. The van der Waals surface area contributed by atoms with Crippen molar-refractivity contribution in [2.75, 3.05) is 25.0 Å². The first-order valence-electron chi connectivity index (χ1n) is 10.2. The number of hydrogen-bond donors (Lipinski definition) is 3. The monoisotopic (exact) mass is 407 g/mol. The maximum Gasteiger partial charge on any atom is 0.238 e. The molecule has 1 aliphatic heterocycles. The van der Waals surface area contributed by atoms with Gasteiger partial charge in [0.25, 0.3) is 0 Å². The fourth-order valence-corrected chi connectivity index (χ4v) is 3.89. The van der Waals surface area contributed by atoms with E-state index < -0.39 is 0 Å². The molecule has 4 N–H and O–H groups in total. The van der Waals surface area contributed by atoms with E-state index in [1.165, 1.54) is 16.6 Å². The number of fused-ring (bicyclic) bond motifs is 1. The van der Waals surface area contributed by atoms with Crippen molar-refractivity contribution in [3.05, 3.63) is 59.8 Å². The Kier molecular flexibility index (Phi) is 7.57. The van der Waals surface area contributed by atoms with Gasteiger partial charge in [-0.25, -0.2) is 0 Å². The molecule has 0 spiro atoms. The molecule has 2 aromatic carbocycles. The van der Waals surface area contributed by atoms with Crippen molar-refractivity contribution in [1.29, 1.82) is 0 Å². The fourth-order valence-electron chi connectivity index (χ4n) is 3.89. The van der Waals surface area contributed by atoms with Crippen molar-refractivity contribution in [2.45, 2.75) is 26.2 Å². The quantitative estimate of drug-likeness (QED) is 0.566. The summed E-state index contributed by atoms with van der Waals surface area (Å²) < 4.78 is 0. The number of nitrogens with two attached hydrogens (primary N) is 1. The molecule has 3 aromatic rings. The Morgan fingerprint density at radius 1 is 1.23 bits per heavy atom. The third kappa shape index (κ3) is 5.90. The standard InChI is InChI=1S/C22H26N4O.CH3NO/c1-16-7-8-20-19(13-16)21(25-24-20)14-17-9-11-26(12-10-17)15-22(27)23-18-5-3-2-4-6-18;2-1-3/h2-8,13,17H,9-12,14-15H2,1H3,(H,23,27)(H,24,25);1H,(H2,2,3). The summed E-state index contributed by atoms with van der Waals surface area (Å²) in [5, 5.41) is 11.9. The zero-order chi connectivity index (χ0) is 21.3. The van der Waals surface area contributed by atoms with Crippen LogP contribution in [0.1, 0.15) is 24.1 Å². The first-order chi connectivity index (χ1) is 14.6. The second-order valence-corrected chi connectivity index (χ2v) is 7.69. The number of hydrogen-bond acceptors (Lipinski definition) is 4. The number of para-hydroxylation sites is 1. The number of likely N-dealkylation sites (tertiary alicyclic amines) is 1. The van der Waals surface area contributed by atoms with E-state index in [2.05, 4.69) is 51.3 Å². The highest BCUT2D eigenvalue weighted by Gasteiger charge is 2.22. The molecule has 7 heteroatoms. The number of H-pyrrole nitrogens is 1. The number of piperidine rings is 1. The molecule has 0 radical (unpaired) electrons. The third-order valence-corrected chi connectivity index (χ3v) is 5.41. The van der Waals surface area contributed by atoms with Gasteiger partial charge in [-0.15, -0.1) is 0 Å². The number of aromatic amines is 1. The second kappa shape index (κ2) is 10.5. The molecule has 2 amide bonds. The number of anilines is 1. The van der Waals surface area contributed by atoms with Crippen LogP contribution in [0.5, 0.6) is 0 Å². The Morgan fingerprint density at radius 2 is 1.93 bits per heavy atom. The largest absolute Gasteiger partial charge is 0.372 e. The molecule has 1 fully saturated rings. The van der Waals surface area contributed by atoms with E-state index in [1.807, 2.05) is 30.3 Å². The Balaban J connectivity index is 0.000000806. The van der Waals surface area contributed by atoms with Gasteiger partial charge in [-0.05, 0) is 69.5 Å². The lowest BCUT2D eigenvalue weighted by atomic mass is 9.91. The molecule has 7 nitrogen and oxygen atoms in total. The van der Waals surface area contributed by atoms with Gasteiger partial charge in [0.15, 0.2) is 0 Å². The van der Waals surface area contributed by atoms with Crippen molar-refractivity contribution in [3.8, 4) is 0 Å². The van der Waals surface area contributed by atoms with Gasteiger partial charge in [0.1, 0.15) is 0 Å². The first-order valence-corrected chi connectivity index (χ1v) is 10.2. The first kappa shape index (κ1) is 21.5. The van der Waals surface area contributed by atoms with Crippen LogP contribution in [0.2, 0.25) is 0 Å². The summed E-state index contributed by atoms with van der Waals surface area (Å²) in [7, 11) is 0. The minimum Gasteiger partial charge on any atom is -0.372 e. The lowest BCUT2D eigenvalue weighted by Gasteiger charge is -2.31. The summed E-state index contributed by atoms with van der Waals surface area (Å²) in [5.74, 6) is 0.693. The van der Waals surface area contributed by atoms with Crippen molar-refractivity contribution in [3.63, 3.8) is 0 Å². The van der Waals surface area contributed by atoms with Crippen LogP contribution in [0.25, 0.3) is 10.9 Å². The third-order valence-electron chi connectivity index (χ3n) is 5.41. The molecule has 0 atom stereocenters. The Morgan fingerprint density at radius 3 is 2.63 bits per heavy atom. The molecule has 1 aliphatic rings. The summed E-state index contributed by atoms with van der Waals surface area (Å²) in [6.07, 6.45) is 3.48. The average molecular weight is 408 g/mol. The van der Waals surface area contributed by atoms with Gasteiger partial charge in [0.2, 0.25) is 12.3 Å². The Bertz CT molecular complexity index is 962. The Hall–Kier alpha value is -3.19. The van der Waals surface area contributed by atoms with E-state index in [4.69, 9.17) is 4.79 Å². The number of carbonyl (C=O) groups is 2. The van der Waals surface area contributed by atoms with Crippen LogP contribution in [0.4, 0.5) is 5.69 Å². The summed E-state index contributed by atoms with van der Waals surface area (Å²) in [5.41, 5.74) is 8.59. The second-order valence-electron chi connectivity index (χ2n) is 7.69. The molecule has 158 valence electrons. The van der Waals surface area contributed by atoms with Crippen LogP contribution in [0.3, 0.4) is 0 Å². The number of nitrogens with one attached hydrogen (secondary N) is 2. The van der Waals surface area contributed by atoms with Crippen molar-refractivity contribution < 1.29 is 9.59 Å². The molecule has 4 rings (SSSR count). The number of primary amides is 1. The van der Waals surface area contributed by atoms with E-state index in [9.17, 15) is 4.79 Å². The molecular weight excluding hydrogens is 378 g/mol. The van der Waals surface area contributed by atoms with Crippen molar-refractivity contribution in [2.24, 2.45) is 11.7 Å². The predicted molar refractivity (Wildman–Crippen MR) is 119 cm³/mol. The lowest BCUT2D eigenvalue weighted by Crippen LogP contribution is -2.39. The number of amides is 2. The van der Waals surface area contributed by atoms with Gasteiger partial charge in [-0.2, -0.15) is 5.10 Å². The molecule has 2 heterocycles. The van der Waals surface area contributed by atoms with Crippen LogP contribution < -0.4 is 11.1 Å². The number of benzene rings is 2. The Labute approximate surface area is 176 Å². The van der Waals surface area contributed by atoms with E-state index in [1.54, 1.807) is 0 Å². The smallest absolute Gasteiger partial charge is 0.238 e. The maximum absolute atomic E-state index is 12.2. The molecule has 1 saturated heterocycles. The number of rotatable bonds is 5. The number of aromatic nitrogens is 2. The average Bonchev–Trinajstić information content (AvgIpc) is 3.12. The highest BCUT2D eigenvalue weighted by Crippen LogP contribution is 2.25. The predicted octanol–water partition coefficient (Wildman–Crippen LogP) is 2.87. The van der Waals surface area contributed by atoms with Crippen LogP contribution in [0, 0.1) is 12.8 Å². The number of nitrogens with zero attached hydrogens (tertiary/aromatic N) is 2. The van der Waals surface area contributed by atoms with Gasteiger partial charge < -0.3 is 11.1 Å². The SMILES string of the molecule is Cc1ccc2[nH]nc(CC3CCN(CC(=O)Nc4ccccc4)CC3)c2c1.NC=O. The number of carbonyl (C=O) groups excluding carboxylic acids is 2. The van der Waals surface area contributed by atoms with Crippen molar-refractivity contribution >= 4 is 28.9 Å². The van der Waals surface area contributed by atoms with Gasteiger partial charge in [0.05, 0.1) is 17.8 Å². The lowest BCUT2D eigenvalue weighted by molar-refractivity contribution is -0.117. The van der Waals surface area contributed by atoms with Crippen LogP contribution in [0.15, 0.2) is 48.5 Å². The number of aryl methyl sites for hydroxylation is 1. The molecule has 0 aliphatic carbocycles. The molecule has 1 aromatic heterocycles. The summed E-state index contributed by atoms with van der Waals surface area (Å²) in [6.45, 7) is 4.52. The van der Waals surface area contributed by atoms with Gasteiger partial charge >= 0.3 is 0 Å². The minimum atomic E-state index is 0.0634. The fraction of sp³-hybridized carbons (Fsp3) is 0.348. The van der Waals surface area contributed by atoms with E-state index in [0.717, 1.165) is 43.6 Å². The van der Waals surface area contributed by atoms with Crippen LogP contribution >= 0.6 is 0 Å². The topological polar surface area (TPSA) is 104 Å². The van der Waals surface area contributed by atoms with Crippen molar-refractivity contribution in [1.82, 2.24) is 15.1 Å². The molecule has 30 heavy (non-hydrogen) atoms. The molecule has 0 saturated carbocycles. The van der Waals surface area contributed by atoms with E-state index >= 15 is 0 Å². The molecular formula is C23H29N5O2. The summed E-state index contributed by atoms with van der Waals surface area (Å²) >= 11 is 0. The minimum absolute atomic E-state index is 0.0634. The normalized spacial score (nSPS) is 14.7. The highest BCUT2D eigenvalue weighted by molar-refractivity contribution is 5.92. The van der Waals surface area contributed by atoms with Crippen LogP contribution in [-0.2, 0) is 16.0 Å². The van der Waals surface area contributed by atoms with Gasteiger partial charge in [-0.1, -0.05) is 29.8 Å². The maximum atomic E-state index is 12.2.